The van der Waals surface area contributed by atoms with Gasteiger partial charge in [0.05, 0.1) is 16.7 Å². The van der Waals surface area contributed by atoms with Crippen LogP contribution in [0.2, 0.25) is 0 Å². The second-order valence-electron chi connectivity index (χ2n) is 5.82. The predicted octanol–water partition coefficient (Wildman–Crippen LogP) is 0.364. The van der Waals surface area contributed by atoms with E-state index >= 15 is 0 Å². The number of hydrazone groups is 1. The number of fused-ring (bicyclic) bond motifs is 1. The van der Waals surface area contributed by atoms with Crippen molar-refractivity contribution >= 4 is 34.9 Å². The summed E-state index contributed by atoms with van der Waals surface area (Å²) in [7, 11) is 0. The monoisotopic (exact) mass is 346 g/mol. The van der Waals surface area contributed by atoms with Crippen molar-refractivity contribution in [1.82, 2.24) is 5.43 Å². The van der Waals surface area contributed by atoms with Gasteiger partial charge in [-0.15, -0.1) is 0 Å². The number of non-ortho nitro benzene ring substituents is 1. The van der Waals surface area contributed by atoms with E-state index in [1.807, 2.05) is 0 Å². The number of hydrogen-bond donors (Lipinski definition) is 1. The lowest BCUT2D eigenvalue weighted by atomic mass is 9.99. The minimum atomic E-state index is -1.08. The van der Waals surface area contributed by atoms with E-state index in [1.54, 1.807) is 13.8 Å². The zero-order chi connectivity index (χ0) is 18.3. The zero-order valence-corrected chi connectivity index (χ0v) is 13.3. The van der Waals surface area contributed by atoms with Gasteiger partial charge in [-0.25, -0.2) is 9.69 Å². The van der Waals surface area contributed by atoms with Crippen LogP contribution >= 0.6 is 0 Å². The summed E-state index contributed by atoms with van der Waals surface area (Å²) in [5.41, 5.74) is 2.37. The number of esters is 1. The summed E-state index contributed by atoms with van der Waals surface area (Å²) in [6.07, 6.45) is -0.396. The van der Waals surface area contributed by atoms with Crippen molar-refractivity contribution in [3.63, 3.8) is 0 Å². The van der Waals surface area contributed by atoms with Gasteiger partial charge >= 0.3 is 5.97 Å². The molecular formula is C15H14N4O6. The standard InChI is InChI=1S/C15H14N4O6/c1-7(2)25-15(22)12-10-11(16-17-12)14(21)18(13(10)20)8-3-5-9(6-4-8)19(23)24/h3-7,10-11,16H,1-2H3/t10-,11+/m0/s1. The topological polar surface area (TPSA) is 131 Å². The number of anilines is 1. The molecule has 0 aromatic heterocycles. The third kappa shape index (κ3) is 2.71. The number of carbonyl (C=O) groups excluding carboxylic acids is 3. The van der Waals surface area contributed by atoms with Gasteiger partial charge in [0.2, 0.25) is 5.91 Å². The molecule has 25 heavy (non-hydrogen) atoms. The molecular weight excluding hydrogens is 332 g/mol. The molecule has 0 bridgehead atoms. The van der Waals surface area contributed by atoms with Crippen LogP contribution in [0.15, 0.2) is 29.4 Å². The van der Waals surface area contributed by atoms with Crippen LogP contribution in [0, 0.1) is 16.0 Å². The predicted molar refractivity (Wildman–Crippen MR) is 84.7 cm³/mol. The average Bonchev–Trinajstić information content (AvgIpc) is 3.08. The fourth-order valence-corrected chi connectivity index (χ4v) is 2.71. The Kier molecular flexibility index (Phi) is 3.95. The smallest absolute Gasteiger partial charge is 0.355 e. The Hall–Kier alpha value is -3.30. The van der Waals surface area contributed by atoms with Gasteiger partial charge in [0, 0.05) is 12.1 Å². The Labute approximate surface area is 141 Å². The van der Waals surface area contributed by atoms with Gasteiger partial charge < -0.3 is 4.74 Å². The number of nitrogens with one attached hydrogen (secondary N) is 1. The summed E-state index contributed by atoms with van der Waals surface area (Å²) >= 11 is 0. The quantitative estimate of drug-likeness (QED) is 0.360. The van der Waals surface area contributed by atoms with E-state index in [0.717, 1.165) is 4.90 Å². The summed E-state index contributed by atoms with van der Waals surface area (Å²) in [6, 6.07) is 4.01. The fourth-order valence-electron chi connectivity index (χ4n) is 2.71. The number of amides is 2. The lowest BCUT2D eigenvalue weighted by Gasteiger charge is -2.15. The summed E-state index contributed by atoms with van der Waals surface area (Å²) in [6.45, 7) is 3.31. The minimum absolute atomic E-state index is 0.151. The Morgan fingerprint density at radius 2 is 1.92 bits per heavy atom. The highest BCUT2D eigenvalue weighted by atomic mass is 16.6. The molecule has 1 fully saturated rings. The van der Waals surface area contributed by atoms with Crippen LogP contribution in [0.5, 0.6) is 0 Å². The molecule has 0 aliphatic carbocycles. The number of ether oxygens (including phenoxy) is 1. The number of benzene rings is 1. The molecule has 2 aliphatic rings. The largest absolute Gasteiger partial charge is 0.458 e. The fraction of sp³-hybridized carbons (Fsp3) is 0.333. The number of rotatable bonds is 4. The Balaban J connectivity index is 1.87. The molecule has 2 heterocycles. The van der Waals surface area contributed by atoms with Crippen LogP contribution in [-0.4, -0.2) is 40.6 Å². The number of nitro groups is 1. The van der Waals surface area contributed by atoms with E-state index in [0.29, 0.717) is 0 Å². The van der Waals surface area contributed by atoms with Crippen LogP contribution in [0.25, 0.3) is 0 Å². The molecule has 3 rings (SSSR count). The summed E-state index contributed by atoms with van der Waals surface area (Å²) < 4.78 is 5.04. The summed E-state index contributed by atoms with van der Waals surface area (Å²) in [5.74, 6) is -3.05. The Morgan fingerprint density at radius 1 is 1.28 bits per heavy atom. The molecule has 130 valence electrons. The van der Waals surface area contributed by atoms with Gasteiger partial charge in [-0.2, -0.15) is 5.10 Å². The van der Waals surface area contributed by atoms with Crippen LogP contribution in [-0.2, 0) is 19.1 Å². The highest BCUT2D eigenvalue weighted by Crippen LogP contribution is 2.31. The molecule has 1 N–H and O–H groups in total. The van der Waals surface area contributed by atoms with Crippen molar-refractivity contribution < 1.29 is 24.0 Å². The van der Waals surface area contributed by atoms with Crippen LogP contribution in [0.4, 0.5) is 11.4 Å². The van der Waals surface area contributed by atoms with Gasteiger partial charge in [0.15, 0.2) is 5.71 Å². The van der Waals surface area contributed by atoms with E-state index in [-0.39, 0.29) is 17.1 Å². The van der Waals surface area contributed by atoms with E-state index in [4.69, 9.17) is 4.74 Å². The average molecular weight is 346 g/mol. The summed E-state index contributed by atoms with van der Waals surface area (Å²) in [4.78, 5) is 48.2. The molecule has 1 saturated heterocycles. The Bertz CT molecular complexity index is 801. The molecule has 0 spiro atoms. The molecule has 1 aromatic carbocycles. The van der Waals surface area contributed by atoms with Crippen LogP contribution in [0.1, 0.15) is 13.8 Å². The SMILES string of the molecule is CC(C)OC(=O)C1=NN[C@H]2C(=O)N(c3ccc([N+](=O)[O-])cc3)C(=O)[C@H]12. The first kappa shape index (κ1) is 16.6. The number of nitrogens with zero attached hydrogens (tertiary/aromatic N) is 3. The normalized spacial score (nSPS) is 21.9. The summed E-state index contributed by atoms with van der Waals surface area (Å²) in [5, 5.41) is 14.5. The second-order valence-corrected chi connectivity index (χ2v) is 5.82. The van der Waals surface area contributed by atoms with Crippen molar-refractivity contribution in [1.29, 1.82) is 0 Å². The van der Waals surface area contributed by atoms with Crippen LogP contribution in [0.3, 0.4) is 0 Å². The van der Waals surface area contributed by atoms with Crippen molar-refractivity contribution in [2.75, 3.05) is 4.90 Å². The first-order chi connectivity index (χ1) is 11.8. The lowest BCUT2D eigenvalue weighted by molar-refractivity contribution is -0.384. The van der Waals surface area contributed by atoms with Crippen molar-refractivity contribution in [3.05, 3.63) is 34.4 Å². The van der Waals surface area contributed by atoms with Crippen molar-refractivity contribution in [3.8, 4) is 0 Å². The van der Waals surface area contributed by atoms with Crippen LogP contribution < -0.4 is 10.3 Å². The third-order valence-corrected chi connectivity index (χ3v) is 3.80. The molecule has 2 atom stereocenters. The molecule has 1 aromatic rings. The third-order valence-electron chi connectivity index (χ3n) is 3.80. The highest BCUT2D eigenvalue weighted by molar-refractivity contribution is 6.46. The first-order valence-corrected chi connectivity index (χ1v) is 7.47. The van der Waals surface area contributed by atoms with Gasteiger partial charge in [0.25, 0.3) is 11.6 Å². The number of imide groups is 1. The number of hydrogen-bond acceptors (Lipinski definition) is 8. The van der Waals surface area contributed by atoms with Gasteiger partial charge in [-0.1, -0.05) is 0 Å². The second kappa shape index (κ2) is 5.96. The minimum Gasteiger partial charge on any atom is -0.458 e. The maximum absolute atomic E-state index is 12.7. The van der Waals surface area contributed by atoms with E-state index in [2.05, 4.69) is 10.5 Å². The molecule has 0 unspecified atom stereocenters. The van der Waals surface area contributed by atoms with E-state index in [9.17, 15) is 24.5 Å². The number of nitro benzene ring substituents is 1. The maximum atomic E-state index is 12.7. The van der Waals surface area contributed by atoms with Gasteiger partial charge in [-0.3, -0.25) is 25.1 Å². The molecule has 0 radical (unpaired) electrons. The highest BCUT2D eigenvalue weighted by Gasteiger charge is 2.55. The van der Waals surface area contributed by atoms with E-state index in [1.165, 1.54) is 24.3 Å². The molecule has 2 amide bonds. The van der Waals surface area contributed by atoms with Crippen molar-refractivity contribution in [2.24, 2.45) is 11.0 Å². The van der Waals surface area contributed by atoms with Crippen molar-refractivity contribution in [2.45, 2.75) is 26.0 Å². The maximum Gasteiger partial charge on any atom is 0.355 e. The Morgan fingerprint density at radius 3 is 2.48 bits per heavy atom. The molecule has 2 aliphatic heterocycles. The van der Waals surface area contributed by atoms with E-state index < -0.39 is 40.8 Å². The lowest BCUT2D eigenvalue weighted by Crippen LogP contribution is -2.36. The van der Waals surface area contributed by atoms with Gasteiger partial charge in [-0.05, 0) is 26.0 Å². The van der Waals surface area contributed by atoms with Gasteiger partial charge in [0.1, 0.15) is 12.0 Å². The molecule has 10 nitrogen and oxygen atoms in total. The molecule has 10 heteroatoms. The zero-order valence-electron chi connectivity index (χ0n) is 13.3. The first-order valence-electron chi connectivity index (χ1n) is 7.47. The number of carbonyl (C=O) groups is 3. The molecule has 0 saturated carbocycles.